The summed E-state index contributed by atoms with van der Waals surface area (Å²) in [6.07, 6.45) is -4.46. The van der Waals surface area contributed by atoms with Crippen LogP contribution in [0.3, 0.4) is 0 Å². The van der Waals surface area contributed by atoms with Crippen LogP contribution >= 0.6 is 0 Å². The first-order chi connectivity index (χ1) is 19.5. The molecule has 0 fully saturated rings. The molecule has 12 heteroatoms. The van der Waals surface area contributed by atoms with E-state index in [4.69, 9.17) is 4.74 Å². The molecule has 1 unspecified atom stereocenters. The van der Waals surface area contributed by atoms with Gasteiger partial charge in [0.1, 0.15) is 5.60 Å². The van der Waals surface area contributed by atoms with Crippen LogP contribution in [0, 0.1) is 13.8 Å². The third-order valence-electron chi connectivity index (χ3n) is 6.13. The van der Waals surface area contributed by atoms with Crippen molar-refractivity contribution in [3.05, 3.63) is 64.2 Å². The Hall–Kier alpha value is -3.64. The van der Waals surface area contributed by atoms with Gasteiger partial charge in [0.25, 0.3) is 5.91 Å². The van der Waals surface area contributed by atoms with E-state index in [1.165, 1.54) is 16.7 Å². The Labute approximate surface area is 244 Å². The number of aliphatic hydroxyl groups is 1. The molecule has 2 aromatic rings. The number of aryl methyl sites for hydroxylation is 2. The van der Waals surface area contributed by atoms with Crippen LogP contribution < -0.4 is 21.3 Å². The monoisotopic (exact) mass is 594 g/mol. The Morgan fingerprint density at radius 1 is 0.976 bits per heavy atom. The van der Waals surface area contributed by atoms with E-state index in [1.807, 2.05) is 0 Å². The number of ether oxygens (including phenoxy) is 1. The molecule has 0 saturated carbocycles. The summed E-state index contributed by atoms with van der Waals surface area (Å²) in [4.78, 5) is 37.0. The van der Waals surface area contributed by atoms with E-state index >= 15 is 0 Å². The average Bonchev–Trinajstić information content (AvgIpc) is 2.87. The second-order valence-electron chi connectivity index (χ2n) is 11.1. The molecule has 3 amide bonds. The molecule has 0 aliphatic carbocycles. The molecule has 2 rings (SSSR count). The van der Waals surface area contributed by atoms with Gasteiger partial charge >= 0.3 is 12.3 Å². The highest BCUT2D eigenvalue weighted by molar-refractivity contribution is 6.04. The summed E-state index contributed by atoms with van der Waals surface area (Å²) in [5.41, 5.74) is 1.01. The lowest BCUT2D eigenvalue weighted by Gasteiger charge is -2.20. The molecule has 42 heavy (non-hydrogen) atoms. The molecule has 2 aromatic carbocycles. The molecule has 0 radical (unpaired) electrons. The molecule has 1 atom stereocenters. The zero-order chi connectivity index (χ0) is 31.5. The lowest BCUT2D eigenvalue weighted by atomic mass is 10.1. The van der Waals surface area contributed by atoms with Crippen LogP contribution in [0.2, 0.25) is 0 Å². The number of halogens is 3. The van der Waals surface area contributed by atoms with Gasteiger partial charge in [0.15, 0.2) is 0 Å². The number of carbonyl (C=O) groups is 3. The summed E-state index contributed by atoms with van der Waals surface area (Å²) in [6, 6.07) is 8.56. The number of amides is 3. The highest BCUT2D eigenvalue weighted by atomic mass is 19.4. The number of nitrogens with one attached hydrogen (secondary N) is 4. The van der Waals surface area contributed by atoms with Crippen LogP contribution in [0.1, 0.15) is 72.6 Å². The quantitative estimate of drug-likeness (QED) is 0.211. The molecule has 9 nitrogen and oxygen atoms in total. The van der Waals surface area contributed by atoms with Crippen molar-refractivity contribution in [3.8, 4) is 0 Å². The molecule has 232 valence electrons. The number of alkyl halides is 3. The predicted octanol–water partition coefficient (Wildman–Crippen LogP) is 4.84. The van der Waals surface area contributed by atoms with E-state index in [1.54, 1.807) is 20.8 Å². The van der Waals surface area contributed by atoms with E-state index in [0.717, 1.165) is 38.1 Å². The van der Waals surface area contributed by atoms with Gasteiger partial charge in [0.05, 0.1) is 29.5 Å². The van der Waals surface area contributed by atoms with Gasteiger partial charge < -0.3 is 25.8 Å². The Bertz CT molecular complexity index is 1230. The SMILES string of the molecule is Cc1ccc(CNCCCCC(O)CNC(=O)CNC(=O)c2cc(C(F)(F)F)ccc2NC(=O)OC(C)(C)C)c(C)c1. The Morgan fingerprint density at radius 2 is 1.69 bits per heavy atom. The molecule has 0 aliphatic heterocycles. The molecular formula is C30H41F3N4O5. The van der Waals surface area contributed by atoms with Gasteiger partial charge in [-0.3, -0.25) is 14.9 Å². The van der Waals surface area contributed by atoms with E-state index in [9.17, 15) is 32.7 Å². The molecule has 0 spiro atoms. The zero-order valence-electron chi connectivity index (χ0n) is 24.7. The van der Waals surface area contributed by atoms with E-state index < -0.39 is 53.5 Å². The highest BCUT2D eigenvalue weighted by Crippen LogP contribution is 2.32. The minimum absolute atomic E-state index is 0.0420. The minimum atomic E-state index is -4.73. The van der Waals surface area contributed by atoms with Crippen molar-refractivity contribution in [2.24, 2.45) is 0 Å². The number of hydrogen-bond acceptors (Lipinski definition) is 6. The van der Waals surface area contributed by atoms with Crippen LogP contribution in [0.4, 0.5) is 23.7 Å². The lowest BCUT2D eigenvalue weighted by molar-refractivity contribution is -0.137. The molecule has 0 heterocycles. The fourth-order valence-corrected chi connectivity index (χ4v) is 3.98. The van der Waals surface area contributed by atoms with Crippen LogP contribution in [-0.2, 0) is 22.3 Å². The topological polar surface area (TPSA) is 129 Å². The standard InChI is InChI=1S/C30H41F3N4O5/c1-19-9-10-21(20(2)14-19)16-34-13-7-6-8-23(38)17-35-26(39)18-36-27(40)24-15-22(30(31,32)33)11-12-25(24)37-28(41)42-29(3,4)5/h9-12,14-15,23,34,38H,6-8,13,16-18H2,1-5H3,(H,35,39)(H,36,40)(H,37,41). The summed E-state index contributed by atoms with van der Waals surface area (Å²) in [5, 5.41) is 20.6. The Kier molecular flexibility index (Phi) is 12.8. The second-order valence-corrected chi connectivity index (χ2v) is 11.1. The van der Waals surface area contributed by atoms with Crippen molar-refractivity contribution < 1.29 is 37.4 Å². The van der Waals surface area contributed by atoms with Crippen LogP contribution in [0.25, 0.3) is 0 Å². The van der Waals surface area contributed by atoms with Gasteiger partial charge in [0.2, 0.25) is 5.91 Å². The Balaban J connectivity index is 1.78. The highest BCUT2D eigenvalue weighted by Gasteiger charge is 2.32. The first-order valence-corrected chi connectivity index (χ1v) is 13.8. The molecule has 0 aliphatic rings. The molecule has 0 aromatic heterocycles. The van der Waals surface area contributed by atoms with Crippen molar-refractivity contribution in [3.63, 3.8) is 0 Å². The predicted molar refractivity (Wildman–Crippen MR) is 154 cm³/mol. The summed E-state index contributed by atoms with van der Waals surface area (Å²) in [5.74, 6) is -1.64. The summed E-state index contributed by atoms with van der Waals surface area (Å²) in [7, 11) is 0. The van der Waals surface area contributed by atoms with Gasteiger partial charge in [-0.2, -0.15) is 13.2 Å². The largest absolute Gasteiger partial charge is 0.444 e. The van der Waals surface area contributed by atoms with Crippen molar-refractivity contribution in [1.82, 2.24) is 16.0 Å². The third-order valence-corrected chi connectivity index (χ3v) is 6.13. The normalized spacial score (nSPS) is 12.4. The van der Waals surface area contributed by atoms with Crippen molar-refractivity contribution in [2.45, 2.75) is 78.3 Å². The number of hydrogen-bond donors (Lipinski definition) is 5. The number of carbonyl (C=O) groups excluding carboxylic acids is 3. The maximum atomic E-state index is 13.2. The maximum absolute atomic E-state index is 13.2. The van der Waals surface area contributed by atoms with Gasteiger partial charge in [-0.15, -0.1) is 0 Å². The summed E-state index contributed by atoms with van der Waals surface area (Å²) >= 11 is 0. The zero-order valence-corrected chi connectivity index (χ0v) is 24.7. The number of rotatable bonds is 13. The Morgan fingerprint density at radius 3 is 2.33 bits per heavy atom. The second kappa shape index (κ2) is 15.5. The van der Waals surface area contributed by atoms with Gasteiger partial charge in [-0.05, 0) is 89.8 Å². The van der Waals surface area contributed by atoms with E-state index in [0.29, 0.717) is 12.5 Å². The summed E-state index contributed by atoms with van der Waals surface area (Å²) < 4.78 is 44.9. The van der Waals surface area contributed by atoms with Gasteiger partial charge in [-0.1, -0.05) is 23.8 Å². The molecule has 5 N–H and O–H groups in total. The number of benzene rings is 2. The van der Waals surface area contributed by atoms with E-state index in [-0.39, 0.29) is 12.2 Å². The molecule has 0 bridgehead atoms. The van der Waals surface area contributed by atoms with Crippen molar-refractivity contribution in [1.29, 1.82) is 0 Å². The molecule has 0 saturated heterocycles. The third kappa shape index (κ3) is 12.5. The van der Waals surface area contributed by atoms with Crippen molar-refractivity contribution in [2.75, 3.05) is 25.0 Å². The first kappa shape index (κ1) is 34.6. The number of aliphatic hydroxyl groups excluding tert-OH is 1. The van der Waals surface area contributed by atoms with Crippen LogP contribution in [-0.4, -0.2) is 54.4 Å². The smallest absolute Gasteiger partial charge is 0.416 e. The summed E-state index contributed by atoms with van der Waals surface area (Å²) in [6.45, 7) is 9.89. The van der Waals surface area contributed by atoms with Crippen LogP contribution in [0.5, 0.6) is 0 Å². The van der Waals surface area contributed by atoms with Gasteiger partial charge in [-0.25, -0.2) is 4.79 Å². The fraction of sp³-hybridized carbons (Fsp3) is 0.500. The number of unbranched alkanes of at least 4 members (excludes halogenated alkanes) is 1. The van der Waals surface area contributed by atoms with Crippen LogP contribution in [0.15, 0.2) is 36.4 Å². The van der Waals surface area contributed by atoms with E-state index in [2.05, 4.69) is 53.3 Å². The maximum Gasteiger partial charge on any atom is 0.416 e. The van der Waals surface area contributed by atoms with Crippen molar-refractivity contribution >= 4 is 23.6 Å². The fourth-order valence-electron chi connectivity index (χ4n) is 3.98. The number of anilines is 1. The average molecular weight is 595 g/mol. The first-order valence-electron chi connectivity index (χ1n) is 13.8. The molecular weight excluding hydrogens is 553 g/mol. The minimum Gasteiger partial charge on any atom is -0.444 e. The lowest BCUT2D eigenvalue weighted by Crippen LogP contribution is -2.40. The van der Waals surface area contributed by atoms with Gasteiger partial charge in [0, 0.05) is 13.1 Å².